The first kappa shape index (κ1) is 68.3. The van der Waals surface area contributed by atoms with E-state index in [-0.39, 0.29) is 46.0 Å². The Balaban J connectivity index is 1.12. The summed E-state index contributed by atoms with van der Waals surface area (Å²) < 4.78 is 43.8. The summed E-state index contributed by atoms with van der Waals surface area (Å²) in [6, 6.07) is 41.3. The van der Waals surface area contributed by atoms with Crippen LogP contribution in [-0.2, 0) is 19.6 Å². The predicted molar refractivity (Wildman–Crippen MR) is 391 cm³/mol. The van der Waals surface area contributed by atoms with Crippen LogP contribution in [0.2, 0.25) is 0 Å². The molecule has 0 saturated heterocycles. The fourth-order valence-electron chi connectivity index (χ4n) is 15.3. The Morgan fingerprint density at radius 3 is 0.935 bits per heavy atom. The Morgan fingerprint density at radius 1 is 0.398 bits per heavy atom. The van der Waals surface area contributed by atoms with Crippen molar-refractivity contribution in [2.45, 2.75) is 218 Å². The van der Waals surface area contributed by atoms with Gasteiger partial charge in [0.15, 0.2) is 12.2 Å². The number of fused-ring (bicyclic) bond motifs is 6. The van der Waals surface area contributed by atoms with Gasteiger partial charge in [0.05, 0.1) is 44.6 Å². The molecule has 10 aromatic rings. The van der Waals surface area contributed by atoms with E-state index in [1.54, 1.807) is 0 Å². The van der Waals surface area contributed by atoms with Crippen LogP contribution in [0.1, 0.15) is 226 Å². The molecule has 2 aromatic heterocycles. The van der Waals surface area contributed by atoms with Crippen LogP contribution >= 0.6 is 0 Å². The van der Waals surface area contributed by atoms with Gasteiger partial charge in [0, 0.05) is 57.6 Å². The van der Waals surface area contributed by atoms with Crippen molar-refractivity contribution in [2.75, 3.05) is 0 Å². The van der Waals surface area contributed by atoms with Crippen molar-refractivity contribution in [1.29, 1.82) is 0 Å². The fourth-order valence-corrected chi connectivity index (χ4v) is 15.3. The van der Waals surface area contributed by atoms with Crippen molar-refractivity contribution in [2.24, 2.45) is 10.8 Å². The third kappa shape index (κ3) is 13.2. The predicted octanol–water partition coefficient (Wildman–Crippen LogP) is 25.4. The van der Waals surface area contributed by atoms with E-state index < -0.39 is 34.7 Å². The van der Waals surface area contributed by atoms with Crippen molar-refractivity contribution in [1.82, 2.24) is 9.13 Å². The van der Waals surface area contributed by atoms with Crippen molar-refractivity contribution < 1.29 is 27.7 Å². The van der Waals surface area contributed by atoms with E-state index in [1.165, 1.54) is 46.5 Å². The highest BCUT2D eigenvalue weighted by Gasteiger charge is 2.36. The first-order valence-corrected chi connectivity index (χ1v) is 33.9. The number of aromatic hydroxyl groups is 2. The van der Waals surface area contributed by atoms with E-state index in [0.29, 0.717) is 62.7 Å². The molecule has 2 unspecified atom stereocenters. The van der Waals surface area contributed by atoms with Crippen molar-refractivity contribution in [3.05, 3.63) is 192 Å². The van der Waals surface area contributed by atoms with Crippen LogP contribution in [0.25, 0.3) is 77.2 Å². The largest absolute Gasteiger partial charge is 0.709 e. The molecule has 0 aliphatic heterocycles. The van der Waals surface area contributed by atoms with Gasteiger partial charge in [-0.05, 0) is 192 Å². The molecule has 2 atom stereocenters. The second kappa shape index (κ2) is 25.0. The minimum absolute atomic E-state index is 0.0325. The number of phenols is 2. The van der Waals surface area contributed by atoms with Crippen molar-refractivity contribution >= 4 is 43.6 Å². The lowest BCUT2D eigenvalue weighted by Crippen LogP contribution is -2.26. The number of phenolic OH excluding ortho intramolecular Hbond substituents is 2. The molecule has 0 aliphatic carbocycles. The van der Waals surface area contributed by atoms with Crippen molar-refractivity contribution in [3.63, 3.8) is 0 Å². The Kier molecular flexibility index (Phi) is 18.3. The molecule has 6 nitrogen and oxygen atoms in total. The molecule has 2 heterocycles. The number of rotatable bonds is 18. The zero-order valence-electron chi connectivity index (χ0n) is 59.9. The smallest absolute Gasteiger partial charge is 0.238 e. The van der Waals surface area contributed by atoms with Crippen LogP contribution in [0.3, 0.4) is 0 Å². The zero-order valence-corrected chi connectivity index (χ0v) is 59.9. The SMILES string of the molecule is [CH2-][O+](c1c(C)cc(F)cc1-c1cc(C(C)(C)CC(C)(C)C)cc(-n2c3cc(C(C)C)ccc3c3ccc(C(C)C)cc32)c1O)C(C)CC(C)[O+]([CH2-])c1c(C)cc(F)cc1-c1cc(C(C)(C)CC(C)(C)C)cc(-n2c3cc(C(C)C)ccc3c3ccc(C(C)C)cc32)c1O. The van der Waals surface area contributed by atoms with Crippen LogP contribution in [0.15, 0.2) is 121 Å². The summed E-state index contributed by atoms with van der Waals surface area (Å²) in [6.45, 7) is 48.1. The standard InChI is InChI=1S/C85H104F2N2O4/c1-48(2)56-25-29-64-65-30-26-57(49(3)4)37-73(65)88(72(64)36-56)76-42-60(84(19,20)46-82(13,14)15)40-68(78(76)90)70-44-62(86)33-52(9)80(70)92(23)54(11)35-55(12)93(24)81-53(10)34-63(87)45-71(81)69-41-61(85(21,22)47-83(16,17)18)43-77(79(69)91)89-74-38-58(50(5)6)27-31-66(74)67-32-28-59(51(7)8)39-75(67)89/h25-34,36-45,48-51,54-55,90-91H,23-24,35,46-47H2,1-22H3. The summed E-state index contributed by atoms with van der Waals surface area (Å²) in [4.78, 5) is 0. The van der Waals surface area contributed by atoms with Gasteiger partial charge >= 0.3 is 0 Å². The van der Waals surface area contributed by atoms with E-state index >= 15 is 8.78 Å². The minimum atomic E-state index is -0.434. The molecule has 8 aromatic carbocycles. The van der Waals surface area contributed by atoms with E-state index in [9.17, 15) is 10.2 Å². The van der Waals surface area contributed by atoms with E-state index in [0.717, 1.165) is 67.6 Å². The van der Waals surface area contributed by atoms with Gasteiger partial charge in [0.25, 0.3) is 0 Å². The molecular formula is C85H104F2N2O4. The second-order valence-corrected chi connectivity index (χ2v) is 32.3. The van der Waals surface area contributed by atoms with Gasteiger partial charge in [-0.15, -0.1) is 0 Å². The van der Waals surface area contributed by atoms with Gasteiger partial charge in [-0.25, -0.2) is 8.78 Å². The molecule has 10 rings (SSSR count). The average Bonchev–Trinajstić information content (AvgIpc) is 1.65. The molecule has 0 spiro atoms. The fraction of sp³-hybridized carbons (Fsp3) is 0.412. The minimum Gasteiger partial charge on any atom is -0.709 e. The van der Waals surface area contributed by atoms with Crippen LogP contribution in [0.4, 0.5) is 8.78 Å². The van der Waals surface area contributed by atoms with Gasteiger partial charge in [-0.2, -0.15) is 0 Å². The summed E-state index contributed by atoms with van der Waals surface area (Å²) in [6.07, 6.45) is 1.32. The Hall–Kier alpha value is -7.58. The summed E-state index contributed by atoms with van der Waals surface area (Å²) >= 11 is 0. The maximum atomic E-state index is 16.5. The lowest BCUT2D eigenvalue weighted by molar-refractivity contribution is -0.0945. The molecule has 492 valence electrons. The molecular weight excluding hydrogens is 1150 g/mol. The number of hydrogen-bond donors (Lipinski definition) is 2. The maximum Gasteiger partial charge on any atom is 0.238 e. The zero-order chi connectivity index (χ0) is 68.2. The van der Waals surface area contributed by atoms with Crippen molar-refractivity contribution in [3.8, 4) is 56.6 Å². The number of aromatic nitrogens is 2. The number of nitrogens with zero attached hydrogens (tertiary/aromatic N) is 2. The molecule has 2 N–H and O–H groups in total. The van der Waals surface area contributed by atoms with Gasteiger partial charge in [0.1, 0.15) is 29.6 Å². The van der Waals surface area contributed by atoms with Crippen LogP contribution in [0.5, 0.6) is 23.0 Å². The molecule has 0 amide bonds. The molecule has 0 bridgehead atoms. The van der Waals surface area contributed by atoms with E-state index in [2.05, 4.69) is 253 Å². The Morgan fingerprint density at radius 2 is 0.677 bits per heavy atom. The number of halogens is 2. The molecule has 0 aliphatic rings. The van der Waals surface area contributed by atoms with Gasteiger partial charge in [0.2, 0.25) is 11.5 Å². The van der Waals surface area contributed by atoms with E-state index in [4.69, 9.17) is 14.2 Å². The lowest BCUT2D eigenvalue weighted by Gasteiger charge is -2.41. The lowest BCUT2D eigenvalue weighted by atomic mass is 9.71. The van der Waals surface area contributed by atoms with Gasteiger partial charge < -0.3 is 28.1 Å². The topological polar surface area (TPSA) is 55.7 Å². The number of aryl methyl sites for hydroxylation is 2. The third-order valence-electron chi connectivity index (χ3n) is 19.7. The normalized spacial score (nSPS) is 13.6. The van der Waals surface area contributed by atoms with Gasteiger partial charge in [-0.1, -0.05) is 173 Å². The molecule has 8 heteroatoms. The van der Waals surface area contributed by atoms with E-state index in [1.807, 2.05) is 13.8 Å². The highest BCUT2D eigenvalue weighted by atomic mass is 19.1. The molecule has 0 fully saturated rings. The summed E-state index contributed by atoms with van der Waals surface area (Å²) in [5, 5.41) is 31.1. The highest BCUT2D eigenvalue weighted by Crippen LogP contribution is 2.54. The quantitative estimate of drug-likeness (QED) is 0.0664. The first-order chi connectivity index (χ1) is 43.3. The van der Waals surface area contributed by atoms with Crippen LogP contribution in [-0.4, -0.2) is 31.6 Å². The first-order valence-electron chi connectivity index (χ1n) is 33.9. The second-order valence-electron chi connectivity index (χ2n) is 32.3. The summed E-state index contributed by atoms with van der Waals surface area (Å²) in [5.41, 5.74) is 14.3. The summed E-state index contributed by atoms with van der Waals surface area (Å²) in [5.74, 6) is 1.45. The monoisotopic (exact) mass is 1250 g/mol. The average molecular weight is 1260 g/mol. The third-order valence-corrected chi connectivity index (χ3v) is 19.7. The number of benzene rings is 8. The molecule has 0 radical (unpaired) electrons. The van der Waals surface area contributed by atoms with Crippen LogP contribution < -0.4 is 0 Å². The maximum absolute atomic E-state index is 16.5. The molecule has 93 heavy (non-hydrogen) atoms. The highest BCUT2D eigenvalue weighted by molar-refractivity contribution is 6.11. The molecule has 0 saturated carbocycles. The number of hydrogen-bond acceptors (Lipinski definition) is 2. The van der Waals surface area contributed by atoms with Crippen LogP contribution in [0, 0.1) is 50.5 Å². The summed E-state index contributed by atoms with van der Waals surface area (Å²) in [7, 11) is 9.41. The Bertz CT molecular complexity index is 4080. The van der Waals surface area contributed by atoms with Gasteiger partial charge in [-0.3, -0.25) is 0 Å². The Labute approximate surface area is 555 Å².